The first-order chi connectivity index (χ1) is 11.8. The highest BCUT2D eigenvalue weighted by Crippen LogP contribution is 2.34. The summed E-state index contributed by atoms with van der Waals surface area (Å²) in [5, 5.41) is 0. The molecule has 0 radical (unpaired) electrons. The zero-order valence-electron chi connectivity index (χ0n) is 13.1. The first-order valence-electron chi connectivity index (χ1n) is 7.31. The van der Waals surface area contributed by atoms with Crippen LogP contribution in [0.25, 0.3) is 0 Å². The lowest BCUT2D eigenvalue weighted by Crippen LogP contribution is -2.36. The summed E-state index contributed by atoms with van der Waals surface area (Å²) in [5.41, 5.74) is 0.225. The van der Waals surface area contributed by atoms with Crippen LogP contribution in [0.1, 0.15) is 6.92 Å². The molecular formula is C16H14F2N2O4S. The van der Waals surface area contributed by atoms with Gasteiger partial charge in [0.05, 0.1) is 22.8 Å². The Bertz CT molecular complexity index is 947. The number of sulfonamides is 1. The lowest BCUT2D eigenvalue weighted by molar-refractivity contribution is -0.116. The summed E-state index contributed by atoms with van der Waals surface area (Å²) >= 11 is 0. The van der Waals surface area contributed by atoms with Crippen LogP contribution in [-0.2, 0) is 14.8 Å². The summed E-state index contributed by atoms with van der Waals surface area (Å²) in [4.78, 5) is 13.0. The van der Waals surface area contributed by atoms with Crippen molar-refractivity contribution in [2.75, 3.05) is 22.8 Å². The summed E-state index contributed by atoms with van der Waals surface area (Å²) < 4.78 is 58.8. The molecular weight excluding hydrogens is 354 g/mol. The number of fused-ring (bicyclic) bond motifs is 1. The average Bonchev–Trinajstić information content (AvgIpc) is 2.56. The van der Waals surface area contributed by atoms with Gasteiger partial charge >= 0.3 is 0 Å². The Morgan fingerprint density at radius 3 is 2.60 bits per heavy atom. The summed E-state index contributed by atoms with van der Waals surface area (Å²) in [5.74, 6) is -2.09. The molecule has 0 aliphatic carbocycles. The molecule has 0 unspecified atom stereocenters. The standard InChI is InChI=1S/C16H14F2N2O4S/c1-10(21)20-6-7-24-16-5-3-12(9-15(16)20)25(22,23)19-11-2-4-13(17)14(18)8-11/h2-5,8-9,19H,6-7H2,1H3. The predicted octanol–water partition coefficient (Wildman–Crippen LogP) is 2.51. The van der Waals surface area contributed by atoms with Gasteiger partial charge in [-0.2, -0.15) is 0 Å². The maximum absolute atomic E-state index is 13.3. The molecule has 2 aromatic rings. The van der Waals surface area contributed by atoms with E-state index in [0.29, 0.717) is 24.6 Å². The molecule has 0 spiro atoms. The summed E-state index contributed by atoms with van der Waals surface area (Å²) in [6.45, 7) is 1.99. The van der Waals surface area contributed by atoms with E-state index in [2.05, 4.69) is 4.72 Å². The van der Waals surface area contributed by atoms with Crippen LogP contribution in [0.3, 0.4) is 0 Å². The van der Waals surface area contributed by atoms with Crippen LogP contribution < -0.4 is 14.4 Å². The second-order valence-electron chi connectivity index (χ2n) is 5.38. The largest absolute Gasteiger partial charge is 0.490 e. The number of carbonyl (C=O) groups excluding carboxylic acids is 1. The molecule has 6 nitrogen and oxygen atoms in total. The van der Waals surface area contributed by atoms with Gasteiger partial charge in [-0.05, 0) is 30.3 Å². The minimum absolute atomic E-state index is 0.115. The molecule has 25 heavy (non-hydrogen) atoms. The fourth-order valence-electron chi connectivity index (χ4n) is 2.47. The lowest BCUT2D eigenvalue weighted by Gasteiger charge is -2.29. The number of nitrogens with one attached hydrogen (secondary N) is 1. The Labute approximate surface area is 143 Å². The number of amides is 1. The van der Waals surface area contributed by atoms with Crippen LogP contribution in [0.5, 0.6) is 5.75 Å². The zero-order valence-corrected chi connectivity index (χ0v) is 13.9. The van der Waals surface area contributed by atoms with Crippen molar-refractivity contribution in [2.45, 2.75) is 11.8 Å². The Morgan fingerprint density at radius 1 is 1.16 bits per heavy atom. The van der Waals surface area contributed by atoms with Gasteiger partial charge in [0.1, 0.15) is 12.4 Å². The third kappa shape index (κ3) is 3.41. The van der Waals surface area contributed by atoms with Crippen molar-refractivity contribution in [3.8, 4) is 5.75 Å². The molecule has 2 aromatic carbocycles. The van der Waals surface area contributed by atoms with Gasteiger partial charge in [-0.25, -0.2) is 17.2 Å². The second kappa shape index (κ2) is 6.32. The fraction of sp³-hybridized carbons (Fsp3) is 0.188. The van der Waals surface area contributed by atoms with E-state index in [1.807, 2.05) is 0 Å². The smallest absolute Gasteiger partial charge is 0.261 e. The molecule has 9 heteroatoms. The van der Waals surface area contributed by atoms with E-state index in [0.717, 1.165) is 18.2 Å². The minimum atomic E-state index is -4.06. The van der Waals surface area contributed by atoms with Crippen LogP contribution in [0.15, 0.2) is 41.3 Å². The first-order valence-corrected chi connectivity index (χ1v) is 8.79. The average molecular weight is 368 g/mol. The van der Waals surface area contributed by atoms with E-state index >= 15 is 0 Å². The molecule has 1 heterocycles. The minimum Gasteiger partial charge on any atom is -0.490 e. The van der Waals surface area contributed by atoms with E-state index < -0.39 is 21.7 Å². The van der Waals surface area contributed by atoms with Gasteiger partial charge in [0.25, 0.3) is 10.0 Å². The van der Waals surface area contributed by atoms with Crippen molar-refractivity contribution in [1.82, 2.24) is 0 Å². The number of hydrogen-bond donors (Lipinski definition) is 1. The van der Waals surface area contributed by atoms with Crippen molar-refractivity contribution in [3.63, 3.8) is 0 Å². The molecule has 1 amide bonds. The van der Waals surface area contributed by atoms with Crippen molar-refractivity contribution >= 4 is 27.3 Å². The molecule has 0 fully saturated rings. The van der Waals surface area contributed by atoms with E-state index in [1.165, 1.54) is 30.0 Å². The van der Waals surface area contributed by atoms with E-state index in [1.54, 1.807) is 0 Å². The highest BCUT2D eigenvalue weighted by molar-refractivity contribution is 7.92. The molecule has 0 aromatic heterocycles. The molecule has 3 rings (SSSR count). The zero-order chi connectivity index (χ0) is 18.2. The highest BCUT2D eigenvalue weighted by atomic mass is 32.2. The van der Waals surface area contributed by atoms with Gasteiger partial charge < -0.3 is 9.64 Å². The molecule has 1 N–H and O–H groups in total. The van der Waals surface area contributed by atoms with Crippen molar-refractivity contribution < 1.29 is 26.7 Å². The van der Waals surface area contributed by atoms with E-state index in [4.69, 9.17) is 4.74 Å². The number of anilines is 2. The Hall–Kier alpha value is -2.68. The van der Waals surface area contributed by atoms with Gasteiger partial charge in [0.15, 0.2) is 11.6 Å². The molecule has 0 saturated carbocycles. The summed E-state index contributed by atoms with van der Waals surface area (Å²) in [6.07, 6.45) is 0. The quantitative estimate of drug-likeness (QED) is 0.903. The third-order valence-electron chi connectivity index (χ3n) is 3.66. The number of hydrogen-bond acceptors (Lipinski definition) is 4. The number of nitrogens with zero attached hydrogens (tertiary/aromatic N) is 1. The summed E-state index contributed by atoms with van der Waals surface area (Å²) in [6, 6.07) is 6.74. The van der Waals surface area contributed by atoms with Gasteiger partial charge in [0, 0.05) is 13.0 Å². The highest BCUT2D eigenvalue weighted by Gasteiger charge is 2.24. The summed E-state index contributed by atoms with van der Waals surface area (Å²) in [7, 11) is -4.06. The molecule has 0 saturated heterocycles. The van der Waals surface area contributed by atoms with Crippen LogP contribution in [0.2, 0.25) is 0 Å². The Kier molecular flexibility index (Phi) is 4.34. The van der Waals surface area contributed by atoms with Crippen molar-refractivity contribution in [2.24, 2.45) is 0 Å². The number of rotatable bonds is 3. The lowest BCUT2D eigenvalue weighted by atomic mass is 10.2. The number of benzene rings is 2. The maximum Gasteiger partial charge on any atom is 0.261 e. The molecule has 0 bridgehead atoms. The van der Waals surface area contributed by atoms with Gasteiger partial charge in [-0.15, -0.1) is 0 Å². The van der Waals surface area contributed by atoms with Crippen molar-refractivity contribution in [3.05, 3.63) is 48.0 Å². The van der Waals surface area contributed by atoms with Gasteiger partial charge in [-0.3, -0.25) is 9.52 Å². The van der Waals surface area contributed by atoms with Crippen LogP contribution >= 0.6 is 0 Å². The predicted molar refractivity (Wildman–Crippen MR) is 87.1 cm³/mol. The number of carbonyl (C=O) groups is 1. The number of halogens is 2. The molecule has 0 atom stereocenters. The van der Waals surface area contributed by atoms with Crippen molar-refractivity contribution in [1.29, 1.82) is 0 Å². The molecule has 1 aliphatic rings. The normalized spacial score (nSPS) is 13.8. The topological polar surface area (TPSA) is 75.7 Å². The molecule has 1 aliphatic heterocycles. The van der Waals surface area contributed by atoms with Crippen LogP contribution in [0.4, 0.5) is 20.2 Å². The van der Waals surface area contributed by atoms with Crippen LogP contribution in [-0.4, -0.2) is 27.5 Å². The van der Waals surface area contributed by atoms with Gasteiger partial charge in [0.2, 0.25) is 5.91 Å². The first kappa shape index (κ1) is 17.2. The van der Waals surface area contributed by atoms with E-state index in [9.17, 15) is 22.0 Å². The monoisotopic (exact) mass is 368 g/mol. The maximum atomic E-state index is 13.3. The van der Waals surface area contributed by atoms with Gasteiger partial charge in [-0.1, -0.05) is 0 Å². The fourth-order valence-corrected chi connectivity index (χ4v) is 3.53. The molecule has 132 valence electrons. The third-order valence-corrected chi connectivity index (χ3v) is 5.03. The van der Waals surface area contributed by atoms with E-state index in [-0.39, 0.29) is 16.5 Å². The second-order valence-corrected chi connectivity index (χ2v) is 7.07. The SMILES string of the molecule is CC(=O)N1CCOc2ccc(S(=O)(=O)Nc3ccc(F)c(F)c3)cc21. The Balaban J connectivity index is 1.96. The van der Waals surface area contributed by atoms with Crippen LogP contribution in [0, 0.1) is 11.6 Å². The Morgan fingerprint density at radius 2 is 1.92 bits per heavy atom. The number of ether oxygens (including phenoxy) is 1.